The number of thioether (sulfide) groups is 1. The molecule has 0 saturated heterocycles. The highest BCUT2D eigenvalue weighted by Crippen LogP contribution is 2.29. The van der Waals surface area contributed by atoms with Crippen LogP contribution in [0.3, 0.4) is 0 Å². The van der Waals surface area contributed by atoms with Crippen LogP contribution in [0, 0.1) is 3.82 Å². The van der Waals surface area contributed by atoms with Crippen molar-refractivity contribution in [3.8, 4) is 0 Å². The maximum atomic E-state index is 5.14. The lowest BCUT2D eigenvalue weighted by atomic mass is 10.1. The molecule has 0 spiro atoms. The summed E-state index contributed by atoms with van der Waals surface area (Å²) in [4.78, 5) is 0. The lowest BCUT2D eigenvalue weighted by Gasteiger charge is -2.02. The maximum Gasteiger partial charge on any atom is 0.103 e. The fraction of sp³-hybridized carbons (Fsp3) is 0.800. The summed E-state index contributed by atoms with van der Waals surface area (Å²) in [7, 11) is 3.55. The van der Waals surface area contributed by atoms with Crippen LogP contribution in [0.4, 0.5) is 0 Å². The van der Waals surface area contributed by atoms with E-state index in [1.54, 1.807) is 10.3 Å². The van der Waals surface area contributed by atoms with Crippen molar-refractivity contribution in [2.75, 3.05) is 5.75 Å². The van der Waals surface area contributed by atoms with E-state index < -0.39 is 0 Å². The highest BCUT2D eigenvalue weighted by atomic mass is 32.9. The Kier molecular flexibility index (Phi) is 11.5. The third-order valence-electron chi connectivity index (χ3n) is 3.18. The third kappa shape index (κ3) is 10.1. The molecule has 4 heteroatoms. The summed E-state index contributed by atoms with van der Waals surface area (Å²) in [6, 6.07) is 2.14. The minimum atomic E-state index is 1.04. The number of hydrogen-bond acceptors (Lipinski definition) is 4. The van der Waals surface area contributed by atoms with Crippen LogP contribution in [-0.4, -0.2) is 5.75 Å². The quantitative estimate of drug-likeness (QED) is 0.167. The highest BCUT2D eigenvalue weighted by molar-refractivity contribution is 8.02. The number of rotatable bonds is 12. The molecule has 0 aromatic carbocycles. The van der Waals surface area contributed by atoms with E-state index in [0.29, 0.717) is 0 Å². The van der Waals surface area contributed by atoms with Gasteiger partial charge in [-0.05, 0) is 18.2 Å². The van der Waals surface area contributed by atoms with E-state index >= 15 is 0 Å². The van der Waals surface area contributed by atoms with Crippen LogP contribution in [-0.2, 0) is 0 Å². The molecule has 1 aromatic rings. The van der Waals surface area contributed by atoms with Crippen molar-refractivity contribution in [1.29, 1.82) is 0 Å². The maximum absolute atomic E-state index is 5.14. The molecule has 110 valence electrons. The lowest BCUT2D eigenvalue weighted by molar-refractivity contribution is 0.563. The van der Waals surface area contributed by atoms with Crippen LogP contribution in [0.2, 0.25) is 0 Å². The van der Waals surface area contributed by atoms with Gasteiger partial charge in [0.25, 0.3) is 0 Å². The van der Waals surface area contributed by atoms with Crippen LogP contribution in [0.15, 0.2) is 10.3 Å². The number of hydrogen-bond donors (Lipinski definition) is 0. The zero-order valence-electron chi connectivity index (χ0n) is 12.0. The average molecular weight is 335 g/mol. The van der Waals surface area contributed by atoms with Crippen LogP contribution in [0.5, 0.6) is 0 Å². The van der Waals surface area contributed by atoms with Gasteiger partial charge >= 0.3 is 0 Å². The van der Waals surface area contributed by atoms with Gasteiger partial charge in [0.15, 0.2) is 0 Å². The molecule has 0 aliphatic heterocycles. The first-order valence-electron chi connectivity index (χ1n) is 7.56. The molecular formula is C15H26S4. The van der Waals surface area contributed by atoms with Crippen molar-refractivity contribution in [3.63, 3.8) is 0 Å². The molecule has 0 nitrogen and oxygen atoms in total. The first kappa shape index (κ1) is 17.7. The summed E-state index contributed by atoms with van der Waals surface area (Å²) in [5, 5.41) is 0. The molecule has 19 heavy (non-hydrogen) atoms. The van der Waals surface area contributed by atoms with Crippen molar-refractivity contribution in [1.82, 2.24) is 0 Å². The standard InChI is InChI=1S/C15H26S4/c1-2-3-4-5-6-7-8-9-10-11-12-17-15-13-14(16)18-19-15/h13H,2-12H2,1H3. The fourth-order valence-electron chi connectivity index (χ4n) is 2.05. The number of unbranched alkanes of at least 4 members (excludes halogenated alkanes) is 9. The predicted molar refractivity (Wildman–Crippen MR) is 95.6 cm³/mol. The van der Waals surface area contributed by atoms with Crippen molar-refractivity contribution in [3.05, 3.63) is 9.89 Å². The van der Waals surface area contributed by atoms with Gasteiger partial charge in [-0.1, -0.05) is 97.6 Å². The lowest BCUT2D eigenvalue weighted by Crippen LogP contribution is -1.83. The zero-order valence-corrected chi connectivity index (χ0v) is 15.3. The molecule has 0 unspecified atom stereocenters. The fourth-order valence-corrected chi connectivity index (χ4v) is 5.99. The smallest absolute Gasteiger partial charge is 0.103 e. The van der Waals surface area contributed by atoms with Crippen LogP contribution < -0.4 is 0 Å². The van der Waals surface area contributed by atoms with Crippen LogP contribution in [0.25, 0.3) is 0 Å². The van der Waals surface area contributed by atoms with E-state index in [-0.39, 0.29) is 0 Å². The third-order valence-corrected chi connectivity index (χ3v) is 7.66. The van der Waals surface area contributed by atoms with Crippen molar-refractivity contribution >= 4 is 44.7 Å². The van der Waals surface area contributed by atoms with E-state index in [1.807, 2.05) is 22.1 Å². The molecule has 0 aliphatic carbocycles. The molecule has 1 rings (SSSR count). The second-order valence-electron chi connectivity index (χ2n) is 4.98. The summed E-state index contributed by atoms with van der Waals surface area (Å²) in [5.41, 5.74) is 0. The van der Waals surface area contributed by atoms with E-state index in [9.17, 15) is 0 Å². The second kappa shape index (κ2) is 12.4. The van der Waals surface area contributed by atoms with Crippen LogP contribution in [0.1, 0.15) is 71.1 Å². The van der Waals surface area contributed by atoms with Gasteiger partial charge in [-0.2, -0.15) is 0 Å². The van der Waals surface area contributed by atoms with Gasteiger partial charge in [0.05, 0.1) is 4.21 Å². The van der Waals surface area contributed by atoms with Gasteiger partial charge in [-0.15, -0.1) is 11.8 Å². The zero-order chi connectivity index (χ0) is 13.8. The summed E-state index contributed by atoms with van der Waals surface area (Å²) < 4.78 is 2.45. The van der Waals surface area contributed by atoms with Crippen molar-refractivity contribution in [2.45, 2.75) is 75.3 Å². The van der Waals surface area contributed by atoms with Gasteiger partial charge in [0, 0.05) is 0 Å². The average Bonchev–Trinajstić information content (AvgIpc) is 2.82. The van der Waals surface area contributed by atoms with E-state index in [0.717, 1.165) is 3.82 Å². The molecule has 0 saturated carbocycles. The molecule has 0 fully saturated rings. The van der Waals surface area contributed by atoms with Gasteiger partial charge in [0.2, 0.25) is 0 Å². The molecule has 0 amide bonds. The Hall–Kier alpha value is 0.620. The largest absolute Gasteiger partial charge is 0.115 e. The summed E-state index contributed by atoms with van der Waals surface area (Å²) in [5.74, 6) is 1.26. The Balaban J connectivity index is 1.80. The van der Waals surface area contributed by atoms with E-state index in [1.165, 1.54) is 74.2 Å². The minimum Gasteiger partial charge on any atom is -0.115 e. The molecule has 0 aliphatic rings. The molecule has 1 aromatic heterocycles. The summed E-state index contributed by atoms with van der Waals surface area (Å²) in [6.45, 7) is 2.28. The minimum absolute atomic E-state index is 1.04. The first-order chi connectivity index (χ1) is 9.33. The molecule has 0 radical (unpaired) electrons. The summed E-state index contributed by atoms with van der Waals surface area (Å²) in [6.07, 6.45) is 14.2. The Morgan fingerprint density at radius 2 is 1.47 bits per heavy atom. The topological polar surface area (TPSA) is 0 Å². The Bertz CT molecular complexity index is 353. The monoisotopic (exact) mass is 334 g/mol. The van der Waals surface area contributed by atoms with Gasteiger partial charge in [0.1, 0.15) is 3.82 Å². The van der Waals surface area contributed by atoms with E-state index in [2.05, 4.69) is 13.0 Å². The normalized spacial score (nSPS) is 11.0. The molecule has 0 bridgehead atoms. The SMILES string of the molecule is CCCCCCCCCCCCSc1cc(=S)ss1. The highest BCUT2D eigenvalue weighted by Gasteiger charge is 1.97. The molecular weight excluding hydrogens is 308 g/mol. The van der Waals surface area contributed by atoms with Gasteiger partial charge < -0.3 is 0 Å². The van der Waals surface area contributed by atoms with Gasteiger partial charge in [-0.25, -0.2) is 0 Å². The van der Waals surface area contributed by atoms with Crippen molar-refractivity contribution in [2.24, 2.45) is 0 Å². The Labute approximate surface area is 135 Å². The molecule has 0 atom stereocenters. The molecule has 1 heterocycles. The Morgan fingerprint density at radius 3 is 2.00 bits per heavy atom. The predicted octanol–water partition coefficient (Wildman–Crippen LogP) is 7.55. The summed E-state index contributed by atoms with van der Waals surface area (Å²) >= 11 is 7.12. The Morgan fingerprint density at radius 1 is 0.895 bits per heavy atom. The van der Waals surface area contributed by atoms with Crippen LogP contribution >= 0.6 is 44.7 Å². The molecule has 0 N–H and O–H groups in total. The van der Waals surface area contributed by atoms with Gasteiger partial charge in [-0.3, -0.25) is 0 Å². The van der Waals surface area contributed by atoms with E-state index in [4.69, 9.17) is 12.2 Å². The second-order valence-corrected chi connectivity index (χ2v) is 9.29. The van der Waals surface area contributed by atoms with Crippen molar-refractivity contribution < 1.29 is 0 Å². The first-order valence-corrected chi connectivity index (χ1v) is 11.1.